The number of aryl methyl sites for hydroxylation is 1. The van der Waals surface area contributed by atoms with Crippen LogP contribution in [0.3, 0.4) is 0 Å². The van der Waals surface area contributed by atoms with Crippen LogP contribution in [0.4, 0.5) is 0 Å². The van der Waals surface area contributed by atoms with Crippen molar-refractivity contribution in [2.24, 2.45) is 0 Å². The van der Waals surface area contributed by atoms with Crippen LogP contribution >= 0.6 is 23.2 Å². The summed E-state index contributed by atoms with van der Waals surface area (Å²) in [6.45, 7) is 2.77. The summed E-state index contributed by atoms with van der Waals surface area (Å²) in [4.78, 5) is 16.1. The van der Waals surface area contributed by atoms with E-state index in [9.17, 15) is 4.79 Å². The van der Waals surface area contributed by atoms with Gasteiger partial charge in [0, 0.05) is 23.1 Å². The molecule has 0 aliphatic carbocycles. The molecule has 4 nitrogen and oxygen atoms in total. The van der Waals surface area contributed by atoms with Crippen molar-refractivity contribution >= 4 is 23.2 Å². The van der Waals surface area contributed by atoms with E-state index in [4.69, 9.17) is 27.9 Å². The van der Waals surface area contributed by atoms with E-state index in [1.54, 1.807) is 11.5 Å². The number of ether oxygens (including phenoxy) is 1. The Balaban J connectivity index is 2.07. The van der Waals surface area contributed by atoms with Gasteiger partial charge < -0.3 is 4.74 Å². The molecule has 0 atom stereocenters. The van der Waals surface area contributed by atoms with Crippen molar-refractivity contribution in [1.82, 2.24) is 9.55 Å². The van der Waals surface area contributed by atoms with Crippen LogP contribution in [0, 0.1) is 6.92 Å². The highest BCUT2D eigenvalue weighted by atomic mass is 35.5. The van der Waals surface area contributed by atoms with Crippen LogP contribution in [0.2, 0.25) is 10.2 Å². The number of hydrogen-bond donors (Lipinski definition) is 0. The zero-order valence-electron chi connectivity index (χ0n) is 10.8. The van der Waals surface area contributed by atoms with E-state index >= 15 is 0 Å². The zero-order chi connectivity index (χ0) is 14.3. The lowest BCUT2D eigenvalue weighted by Crippen LogP contribution is -2.23. The van der Waals surface area contributed by atoms with Crippen molar-refractivity contribution in [2.45, 2.75) is 19.9 Å². The summed E-state index contributed by atoms with van der Waals surface area (Å²) in [6, 6.07) is 5.04. The maximum atomic E-state index is 12.0. The third-order valence-electron chi connectivity index (χ3n) is 3.32. The first-order valence-electron chi connectivity index (χ1n) is 6.22. The van der Waals surface area contributed by atoms with Crippen molar-refractivity contribution in [1.29, 1.82) is 0 Å². The molecule has 0 radical (unpaired) electrons. The lowest BCUT2D eigenvalue weighted by Gasteiger charge is -2.12. The first kappa shape index (κ1) is 13.5. The van der Waals surface area contributed by atoms with Gasteiger partial charge in [0.1, 0.15) is 16.7 Å². The Morgan fingerprint density at radius 1 is 1.35 bits per heavy atom. The Morgan fingerprint density at radius 2 is 2.15 bits per heavy atom. The lowest BCUT2D eigenvalue weighted by molar-refractivity contribution is 0.352. The molecule has 0 saturated heterocycles. The summed E-state index contributed by atoms with van der Waals surface area (Å²) in [5.41, 5.74) is 1.79. The molecule has 0 saturated carbocycles. The van der Waals surface area contributed by atoms with E-state index in [2.05, 4.69) is 4.98 Å². The minimum absolute atomic E-state index is 0.186. The van der Waals surface area contributed by atoms with Gasteiger partial charge in [0.05, 0.1) is 13.2 Å². The van der Waals surface area contributed by atoms with Crippen LogP contribution in [-0.2, 0) is 13.0 Å². The van der Waals surface area contributed by atoms with Gasteiger partial charge in [-0.3, -0.25) is 9.36 Å². The molecule has 1 aromatic carbocycles. The average Bonchev–Trinajstić information content (AvgIpc) is 2.81. The summed E-state index contributed by atoms with van der Waals surface area (Å²) >= 11 is 11.9. The molecule has 104 valence electrons. The van der Waals surface area contributed by atoms with Gasteiger partial charge >= 0.3 is 0 Å². The number of fused-ring (bicyclic) bond motifs is 1. The highest BCUT2D eigenvalue weighted by Gasteiger charge is 2.18. The zero-order valence-corrected chi connectivity index (χ0v) is 12.3. The largest absolute Gasteiger partial charge is 0.493 e. The fourth-order valence-electron chi connectivity index (χ4n) is 2.41. The molecule has 1 aliphatic rings. The molecule has 0 spiro atoms. The van der Waals surface area contributed by atoms with E-state index in [0.29, 0.717) is 24.0 Å². The van der Waals surface area contributed by atoms with Crippen molar-refractivity contribution in [3.63, 3.8) is 0 Å². The van der Waals surface area contributed by atoms with Gasteiger partial charge in [0.2, 0.25) is 0 Å². The molecular weight excluding hydrogens is 299 g/mol. The van der Waals surface area contributed by atoms with Crippen molar-refractivity contribution in [3.05, 3.63) is 55.7 Å². The van der Waals surface area contributed by atoms with Gasteiger partial charge in [0.25, 0.3) is 5.56 Å². The van der Waals surface area contributed by atoms with Crippen LogP contribution in [-0.4, -0.2) is 16.2 Å². The number of aromatic nitrogens is 2. The number of hydrogen-bond acceptors (Lipinski definition) is 3. The fourth-order valence-corrected chi connectivity index (χ4v) is 2.89. The molecule has 1 aliphatic heterocycles. The number of halogens is 2. The average molecular weight is 311 g/mol. The second-order valence-electron chi connectivity index (χ2n) is 4.70. The third kappa shape index (κ3) is 2.41. The highest BCUT2D eigenvalue weighted by Crippen LogP contribution is 2.33. The van der Waals surface area contributed by atoms with E-state index in [1.807, 2.05) is 12.1 Å². The maximum Gasteiger partial charge on any atom is 0.255 e. The summed E-state index contributed by atoms with van der Waals surface area (Å²) in [6.07, 6.45) is 0.843. The molecule has 0 fully saturated rings. The SMILES string of the molecule is Cc1nc(Cl)cc(=O)n1Cc1cc(Cl)cc2c1OCC2. The minimum Gasteiger partial charge on any atom is -0.493 e. The monoisotopic (exact) mass is 310 g/mol. The van der Waals surface area contributed by atoms with Gasteiger partial charge in [0.15, 0.2) is 0 Å². The van der Waals surface area contributed by atoms with E-state index in [1.165, 1.54) is 6.07 Å². The number of rotatable bonds is 2. The Labute approximate surface area is 125 Å². The second-order valence-corrected chi connectivity index (χ2v) is 5.53. The van der Waals surface area contributed by atoms with Gasteiger partial charge in [-0.15, -0.1) is 0 Å². The predicted molar refractivity (Wildman–Crippen MR) is 78.0 cm³/mol. The van der Waals surface area contributed by atoms with Gasteiger partial charge in [-0.1, -0.05) is 23.2 Å². The molecule has 2 heterocycles. The molecule has 0 N–H and O–H groups in total. The Bertz CT molecular complexity index is 741. The topological polar surface area (TPSA) is 44.1 Å². The normalized spacial score (nSPS) is 13.2. The Morgan fingerprint density at radius 3 is 2.90 bits per heavy atom. The summed E-state index contributed by atoms with van der Waals surface area (Å²) < 4.78 is 7.19. The smallest absolute Gasteiger partial charge is 0.255 e. The predicted octanol–water partition coefficient (Wildman–Crippen LogP) is 2.84. The number of benzene rings is 1. The fraction of sp³-hybridized carbons (Fsp3) is 0.286. The first-order chi connectivity index (χ1) is 9.54. The molecule has 6 heteroatoms. The van der Waals surface area contributed by atoms with Crippen LogP contribution < -0.4 is 10.3 Å². The molecule has 2 aromatic rings. The third-order valence-corrected chi connectivity index (χ3v) is 3.73. The second kappa shape index (κ2) is 5.11. The molecule has 3 rings (SSSR count). The number of nitrogens with zero attached hydrogens (tertiary/aromatic N) is 2. The molecule has 0 unspecified atom stereocenters. The standard InChI is InChI=1S/C14H12Cl2N2O2/c1-8-17-12(16)6-13(19)18(8)7-10-5-11(15)4-9-2-3-20-14(9)10/h4-6H,2-3,7H2,1H3. The quantitative estimate of drug-likeness (QED) is 0.801. The first-order valence-corrected chi connectivity index (χ1v) is 6.98. The van der Waals surface area contributed by atoms with E-state index in [-0.39, 0.29) is 10.7 Å². The van der Waals surface area contributed by atoms with Crippen molar-refractivity contribution in [3.8, 4) is 5.75 Å². The van der Waals surface area contributed by atoms with Crippen LogP contribution in [0.25, 0.3) is 0 Å². The van der Waals surface area contributed by atoms with Gasteiger partial charge in [-0.25, -0.2) is 4.98 Å². The molecular formula is C14H12Cl2N2O2. The summed E-state index contributed by atoms with van der Waals surface area (Å²) in [5.74, 6) is 1.39. The van der Waals surface area contributed by atoms with Crippen molar-refractivity contribution < 1.29 is 4.74 Å². The molecule has 20 heavy (non-hydrogen) atoms. The maximum absolute atomic E-state index is 12.0. The van der Waals surface area contributed by atoms with E-state index < -0.39 is 0 Å². The lowest BCUT2D eigenvalue weighted by atomic mass is 10.1. The molecule has 1 aromatic heterocycles. The van der Waals surface area contributed by atoms with Crippen LogP contribution in [0.5, 0.6) is 5.75 Å². The molecule has 0 bridgehead atoms. The summed E-state index contributed by atoms with van der Waals surface area (Å²) in [5, 5.41) is 0.855. The van der Waals surface area contributed by atoms with Gasteiger partial charge in [-0.05, 0) is 24.6 Å². The van der Waals surface area contributed by atoms with E-state index in [0.717, 1.165) is 23.3 Å². The summed E-state index contributed by atoms with van der Waals surface area (Å²) in [7, 11) is 0. The minimum atomic E-state index is -0.186. The molecule has 0 amide bonds. The Kier molecular flexibility index (Phi) is 3.44. The highest BCUT2D eigenvalue weighted by molar-refractivity contribution is 6.30. The van der Waals surface area contributed by atoms with Gasteiger partial charge in [-0.2, -0.15) is 0 Å². The van der Waals surface area contributed by atoms with Crippen molar-refractivity contribution in [2.75, 3.05) is 6.61 Å². The van der Waals surface area contributed by atoms with Crippen LogP contribution in [0.1, 0.15) is 17.0 Å². The Hall–Kier alpha value is -1.52. The van der Waals surface area contributed by atoms with Crippen LogP contribution in [0.15, 0.2) is 23.0 Å².